The van der Waals surface area contributed by atoms with Crippen LogP contribution in [0.3, 0.4) is 0 Å². The van der Waals surface area contributed by atoms with E-state index in [1.54, 1.807) is 19.2 Å². The van der Waals surface area contributed by atoms with Gasteiger partial charge in [0.15, 0.2) is 11.0 Å². The minimum atomic E-state index is -0.540. The maximum absolute atomic E-state index is 12.6. The highest BCUT2D eigenvalue weighted by Gasteiger charge is 2.18. The molecule has 36 heavy (non-hydrogen) atoms. The Morgan fingerprint density at radius 3 is 2.44 bits per heavy atom. The zero-order valence-corrected chi connectivity index (χ0v) is 20.6. The number of nitro benzene ring substituents is 1. The third kappa shape index (κ3) is 5.93. The minimum absolute atomic E-state index is 0.0295. The van der Waals surface area contributed by atoms with E-state index in [9.17, 15) is 14.9 Å². The van der Waals surface area contributed by atoms with Crippen LogP contribution in [0, 0.1) is 10.1 Å². The number of benzene rings is 3. The highest BCUT2D eigenvalue weighted by Crippen LogP contribution is 2.27. The van der Waals surface area contributed by atoms with Gasteiger partial charge < -0.3 is 15.4 Å². The molecule has 0 unspecified atom stereocenters. The minimum Gasteiger partial charge on any atom is -0.497 e. The van der Waals surface area contributed by atoms with Crippen molar-refractivity contribution in [1.29, 1.82) is 0 Å². The number of anilines is 2. The number of nitro groups is 1. The Labute approximate surface area is 215 Å². The van der Waals surface area contributed by atoms with Crippen molar-refractivity contribution in [3.63, 3.8) is 0 Å². The van der Waals surface area contributed by atoms with Gasteiger partial charge in [0, 0.05) is 11.8 Å². The number of nitrogens with one attached hydrogen (secondary N) is 2. The van der Waals surface area contributed by atoms with Crippen LogP contribution in [0.5, 0.6) is 5.75 Å². The highest BCUT2D eigenvalue weighted by molar-refractivity contribution is 7.99. The SMILES string of the molecule is COc1ccc(-n2c(CNc3ccccc3Cl)nnc2SCC(=O)Nc2ccccc2[N+](=O)[O-])cc1. The number of nitrogens with zero attached hydrogens (tertiary/aromatic N) is 4. The molecular formula is C24H21ClN6O4S. The van der Waals surface area contributed by atoms with Crippen LogP contribution in [0.15, 0.2) is 78.0 Å². The van der Waals surface area contributed by atoms with Gasteiger partial charge in [0.1, 0.15) is 11.4 Å². The lowest BCUT2D eigenvalue weighted by Gasteiger charge is -2.12. The largest absolute Gasteiger partial charge is 0.497 e. The van der Waals surface area contributed by atoms with Crippen molar-refractivity contribution in [2.24, 2.45) is 0 Å². The fourth-order valence-electron chi connectivity index (χ4n) is 3.33. The van der Waals surface area contributed by atoms with E-state index >= 15 is 0 Å². The summed E-state index contributed by atoms with van der Waals surface area (Å²) in [6.07, 6.45) is 0. The van der Waals surface area contributed by atoms with E-state index in [1.165, 1.54) is 18.2 Å². The summed E-state index contributed by atoms with van der Waals surface area (Å²) in [6, 6.07) is 20.7. The molecule has 4 rings (SSSR count). The van der Waals surface area contributed by atoms with Gasteiger partial charge in [-0.15, -0.1) is 10.2 Å². The quantitative estimate of drug-likeness (QED) is 0.165. The fourth-order valence-corrected chi connectivity index (χ4v) is 4.31. The smallest absolute Gasteiger partial charge is 0.292 e. The van der Waals surface area contributed by atoms with Crippen molar-refractivity contribution in [2.75, 3.05) is 23.5 Å². The normalized spacial score (nSPS) is 10.6. The number of hydrogen-bond donors (Lipinski definition) is 2. The van der Waals surface area contributed by atoms with Crippen LogP contribution >= 0.6 is 23.4 Å². The third-order valence-electron chi connectivity index (χ3n) is 5.05. The molecule has 0 aliphatic rings. The first kappa shape index (κ1) is 25.0. The Hall–Kier alpha value is -4.09. The van der Waals surface area contributed by atoms with Gasteiger partial charge in [-0.05, 0) is 42.5 Å². The van der Waals surface area contributed by atoms with Crippen LogP contribution in [0.2, 0.25) is 5.02 Å². The number of methoxy groups -OCH3 is 1. The van der Waals surface area contributed by atoms with E-state index in [2.05, 4.69) is 20.8 Å². The van der Waals surface area contributed by atoms with Gasteiger partial charge in [0.25, 0.3) is 5.69 Å². The van der Waals surface area contributed by atoms with Crippen LogP contribution in [0.25, 0.3) is 5.69 Å². The van der Waals surface area contributed by atoms with Crippen molar-refractivity contribution in [2.45, 2.75) is 11.7 Å². The second kappa shape index (κ2) is 11.6. The van der Waals surface area contributed by atoms with Gasteiger partial charge in [-0.2, -0.15) is 0 Å². The van der Waals surface area contributed by atoms with E-state index < -0.39 is 10.8 Å². The first-order chi connectivity index (χ1) is 17.5. The summed E-state index contributed by atoms with van der Waals surface area (Å²) in [5.74, 6) is 0.856. The van der Waals surface area contributed by atoms with E-state index in [4.69, 9.17) is 16.3 Å². The molecule has 184 valence electrons. The van der Waals surface area contributed by atoms with E-state index in [-0.39, 0.29) is 17.1 Å². The zero-order valence-electron chi connectivity index (χ0n) is 19.1. The molecule has 2 N–H and O–H groups in total. The predicted octanol–water partition coefficient (Wildman–Crippen LogP) is 5.18. The maximum atomic E-state index is 12.6. The molecule has 0 radical (unpaired) electrons. The number of carbonyl (C=O) groups excluding carboxylic acids is 1. The summed E-state index contributed by atoms with van der Waals surface area (Å²) in [6.45, 7) is 0.325. The second-order valence-corrected chi connectivity index (χ2v) is 8.73. The molecule has 0 atom stereocenters. The first-order valence-corrected chi connectivity index (χ1v) is 12.1. The molecule has 0 fully saturated rings. The van der Waals surface area contributed by atoms with Gasteiger partial charge in [-0.3, -0.25) is 19.5 Å². The summed E-state index contributed by atoms with van der Waals surface area (Å²) in [5, 5.41) is 26.7. The molecule has 0 aliphatic carbocycles. The number of halogens is 1. The molecule has 1 aromatic heterocycles. The molecule has 0 bridgehead atoms. The Bertz CT molecular complexity index is 1380. The molecular weight excluding hydrogens is 504 g/mol. The van der Waals surface area contributed by atoms with E-state index in [1.807, 2.05) is 47.0 Å². The van der Waals surface area contributed by atoms with Crippen molar-refractivity contribution in [1.82, 2.24) is 14.8 Å². The van der Waals surface area contributed by atoms with E-state index in [0.717, 1.165) is 23.1 Å². The van der Waals surface area contributed by atoms with E-state index in [0.29, 0.717) is 28.3 Å². The standard InChI is InChI=1S/C24H21ClN6O4S/c1-35-17-12-10-16(11-13-17)30-22(14-26-19-7-3-2-6-18(19)25)28-29-24(30)36-15-23(32)27-20-8-4-5-9-21(20)31(33)34/h2-13,26H,14-15H2,1H3,(H,27,32). The van der Waals surface area contributed by atoms with Gasteiger partial charge in [0.2, 0.25) is 5.91 Å². The van der Waals surface area contributed by atoms with Crippen LogP contribution in [0.4, 0.5) is 17.1 Å². The second-order valence-electron chi connectivity index (χ2n) is 7.38. The van der Waals surface area contributed by atoms with Gasteiger partial charge in [-0.1, -0.05) is 47.6 Å². The van der Waals surface area contributed by atoms with Gasteiger partial charge in [-0.25, -0.2) is 0 Å². The number of ether oxygens (including phenoxy) is 1. The Kier molecular flexibility index (Phi) is 8.03. The fraction of sp³-hybridized carbons (Fsp3) is 0.125. The molecule has 3 aromatic carbocycles. The van der Waals surface area contributed by atoms with Gasteiger partial charge >= 0.3 is 0 Å². The molecule has 0 saturated heterocycles. The van der Waals surface area contributed by atoms with Crippen LogP contribution in [-0.2, 0) is 11.3 Å². The monoisotopic (exact) mass is 524 g/mol. The number of aromatic nitrogens is 3. The Morgan fingerprint density at radius 2 is 1.75 bits per heavy atom. The summed E-state index contributed by atoms with van der Waals surface area (Å²) in [5.41, 5.74) is 1.49. The third-order valence-corrected chi connectivity index (χ3v) is 6.31. The summed E-state index contributed by atoms with van der Waals surface area (Å²) >= 11 is 7.42. The average Bonchev–Trinajstić information content (AvgIpc) is 3.30. The molecule has 0 saturated carbocycles. The van der Waals surface area contributed by atoms with Crippen LogP contribution in [-0.4, -0.2) is 38.5 Å². The lowest BCUT2D eigenvalue weighted by molar-refractivity contribution is -0.383. The number of thioether (sulfide) groups is 1. The molecule has 4 aromatic rings. The highest BCUT2D eigenvalue weighted by atomic mass is 35.5. The molecule has 0 aliphatic heterocycles. The maximum Gasteiger partial charge on any atom is 0.292 e. The summed E-state index contributed by atoms with van der Waals surface area (Å²) in [7, 11) is 1.59. The number of amides is 1. The van der Waals surface area contributed by atoms with Crippen molar-refractivity contribution >= 4 is 46.3 Å². The summed E-state index contributed by atoms with van der Waals surface area (Å²) < 4.78 is 7.08. The first-order valence-electron chi connectivity index (χ1n) is 10.7. The molecule has 1 heterocycles. The number of hydrogen-bond acceptors (Lipinski definition) is 8. The number of carbonyl (C=O) groups is 1. The number of para-hydroxylation sites is 3. The predicted molar refractivity (Wildman–Crippen MR) is 139 cm³/mol. The zero-order chi connectivity index (χ0) is 25.5. The Balaban J connectivity index is 1.54. The average molecular weight is 525 g/mol. The van der Waals surface area contributed by atoms with Crippen molar-refractivity contribution < 1.29 is 14.5 Å². The number of rotatable bonds is 10. The Morgan fingerprint density at radius 1 is 1.06 bits per heavy atom. The molecule has 12 heteroatoms. The summed E-state index contributed by atoms with van der Waals surface area (Å²) in [4.78, 5) is 23.3. The lowest BCUT2D eigenvalue weighted by Crippen LogP contribution is -2.15. The van der Waals surface area contributed by atoms with Crippen molar-refractivity contribution in [3.05, 3.63) is 93.8 Å². The molecule has 1 amide bonds. The van der Waals surface area contributed by atoms with Crippen molar-refractivity contribution in [3.8, 4) is 11.4 Å². The molecule has 0 spiro atoms. The van der Waals surface area contributed by atoms with Gasteiger partial charge in [0.05, 0.1) is 35.0 Å². The molecule has 10 nitrogen and oxygen atoms in total. The van der Waals surface area contributed by atoms with Crippen LogP contribution in [0.1, 0.15) is 5.82 Å². The topological polar surface area (TPSA) is 124 Å². The lowest BCUT2D eigenvalue weighted by atomic mass is 10.2. The van der Waals surface area contributed by atoms with Crippen LogP contribution < -0.4 is 15.4 Å².